The van der Waals surface area contributed by atoms with E-state index in [1.54, 1.807) is 12.1 Å². The average Bonchev–Trinajstić information content (AvgIpc) is 3.07. The van der Waals surface area contributed by atoms with Crippen molar-refractivity contribution in [3.05, 3.63) is 57.6 Å². The first-order valence-corrected chi connectivity index (χ1v) is 10.6. The van der Waals surface area contributed by atoms with Crippen molar-refractivity contribution in [3.63, 3.8) is 0 Å². The summed E-state index contributed by atoms with van der Waals surface area (Å²) in [6.45, 7) is 0. The Morgan fingerprint density at radius 1 is 1.22 bits per heavy atom. The molecule has 1 aliphatic rings. The van der Waals surface area contributed by atoms with E-state index in [0.29, 0.717) is 10.6 Å². The molecule has 1 unspecified atom stereocenters. The number of nitrogens with zero attached hydrogens (tertiary/aromatic N) is 2. The number of ether oxygens (including phenoxy) is 2. The molecule has 0 aliphatic carbocycles. The van der Waals surface area contributed by atoms with E-state index in [1.165, 1.54) is 37.6 Å². The van der Waals surface area contributed by atoms with Crippen molar-refractivity contribution in [2.75, 3.05) is 7.11 Å². The van der Waals surface area contributed by atoms with Crippen molar-refractivity contribution in [1.29, 1.82) is 0 Å². The van der Waals surface area contributed by atoms with Crippen molar-refractivity contribution < 1.29 is 29.0 Å². The molecule has 32 heavy (non-hydrogen) atoms. The summed E-state index contributed by atoms with van der Waals surface area (Å²) in [7, 11) is 1.41. The number of nitrogens with one attached hydrogen (secondary N) is 1. The highest BCUT2D eigenvalue weighted by Crippen LogP contribution is 2.30. The Hall–Kier alpha value is -3.08. The molecule has 9 nitrogen and oxygen atoms in total. The lowest BCUT2D eigenvalue weighted by molar-refractivity contribution is -0.138. The second-order valence-electron chi connectivity index (χ2n) is 6.27. The molecule has 1 saturated heterocycles. The van der Waals surface area contributed by atoms with Gasteiger partial charge >= 0.3 is 11.9 Å². The van der Waals surface area contributed by atoms with Gasteiger partial charge in [0.15, 0.2) is 16.7 Å². The number of hydrogen-bond acceptors (Lipinski definition) is 8. The van der Waals surface area contributed by atoms with Gasteiger partial charge in [0.1, 0.15) is 5.25 Å². The van der Waals surface area contributed by atoms with Gasteiger partial charge in [-0.3, -0.25) is 9.59 Å². The minimum absolute atomic E-state index is 0.150. The lowest BCUT2D eigenvalue weighted by Crippen LogP contribution is -2.26. The van der Waals surface area contributed by atoms with Crippen LogP contribution in [-0.4, -0.2) is 46.7 Å². The van der Waals surface area contributed by atoms with Gasteiger partial charge in [-0.25, -0.2) is 4.79 Å². The second kappa shape index (κ2) is 10.5. The largest absolute Gasteiger partial charge is 0.493 e. The lowest BCUT2D eigenvalue weighted by Gasteiger charge is -2.10. The fraction of sp³-hybridized carbons (Fsp3) is 0.150. The summed E-state index contributed by atoms with van der Waals surface area (Å²) in [6.07, 6.45) is 1.09. The van der Waals surface area contributed by atoms with Crippen LogP contribution in [0.5, 0.6) is 11.5 Å². The van der Waals surface area contributed by atoms with E-state index in [-0.39, 0.29) is 33.7 Å². The number of benzene rings is 2. The Balaban J connectivity index is 1.69. The first-order chi connectivity index (χ1) is 15.3. The van der Waals surface area contributed by atoms with E-state index in [2.05, 4.69) is 15.5 Å². The fourth-order valence-electron chi connectivity index (χ4n) is 2.55. The summed E-state index contributed by atoms with van der Waals surface area (Å²) in [5, 5.41) is 19.1. The second-order valence-corrected chi connectivity index (χ2v) is 8.30. The average molecular weight is 496 g/mol. The molecule has 2 aromatic carbocycles. The molecule has 1 atom stereocenters. The Morgan fingerprint density at radius 2 is 2.00 bits per heavy atom. The van der Waals surface area contributed by atoms with Gasteiger partial charge in [0.05, 0.1) is 30.3 Å². The number of carboxylic acid groups (broad SMARTS) is 1. The van der Waals surface area contributed by atoms with Gasteiger partial charge in [-0.05, 0) is 42.0 Å². The standard InChI is InChI=1S/C20H15Cl2N3O6S/c1-30-15-6-10(9-23-25-20-24-18(28)16(32-20)8-17(26)27)2-5-14(15)31-19(29)12-4-3-11(21)7-13(12)22/h2-7,9,16H,8H2,1H3,(H,26,27)(H,24,25,28). The van der Waals surface area contributed by atoms with E-state index < -0.39 is 23.1 Å². The quantitative estimate of drug-likeness (QED) is 0.260. The maximum absolute atomic E-state index is 12.4. The molecule has 1 aliphatic heterocycles. The molecule has 0 aromatic heterocycles. The number of carbonyl (C=O) groups is 3. The molecular weight excluding hydrogens is 481 g/mol. The molecule has 1 amide bonds. The van der Waals surface area contributed by atoms with Crippen LogP contribution in [0.3, 0.4) is 0 Å². The van der Waals surface area contributed by atoms with Crippen LogP contribution in [0.4, 0.5) is 0 Å². The lowest BCUT2D eigenvalue weighted by atomic mass is 10.2. The monoisotopic (exact) mass is 495 g/mol. The molecule has 12 heteroatoms. The molecule has 2 aromatic rings. The summed E-state index contributed by atoms with van der Waals surface area (Å²) in [5.41, 5.74) is 0.726. The summed E-state index contributed by atoms with van der Waals surface area (Å²) < 4.78 is 10.6. The summed E-state index contributed by atoms with van der Waals surface area (Å²) in [6, 6.07) is 9.13. The summed E-state index contributed by atoms with van der Waals surface area (Å²) in [4.78, 5) is 34.9. The number of carbonyl (C=O) groups excluding carboxylic acids is 2. The third kappa shape index (κ3) is 6.00. The van der Waals surface area contributed by atoms with Crippen molar-refractivity contribution in [1.82, 2.24) is 5.32 Å². The van der Waals surface area contributed by atoms with Gasteiger partial charge in [0, 0.05) is 5.02 Å². The topological polar surface area (TPSA) is 127 Å². The molecule has 0 spiro atoms. The van der Waals surface area contributed by atoms with Crippen LogP contribution in [-0.2, 0) is 9.59 Å². The van der Waals surface area contributed by atoms with Crippen LogP contribution in [0.25, 0.3) is 0 Å². The third-order valence-electron chi connectivity index (χ3n) is 4.03. The first-order valence-electron chi connectivity index (χ1n) is 8.92. The summed E-state index contributed by atoms with van der Waals surface area (Å²) >= 11 is 12.9. The van der Waals surface area contributed by atoms with Gasteiger partial charge in [0.25, 0.3) is 0 Å². The van der Waals surface area contributed by atoms with Crippen molar-refractivity contribution in [2.45, 2.75) is 11.7 Å². The number of esters is 1. The van der Waals surface area contributed by atoms with Gasteiger partial charge in [-0.2, -0.15) is 5.10 Å². The Kier molecular flexibility index (Phi) is 7.73. The van der Waals surface area contributed by atoms with Gasteiger partial charge < -0.3 is 19.9 Å². The van der Waals surface area contributed by atoms with Crippen LogP contribution >= 0.6 is 35.0 Å². The van der Waals surface area contributed by atoms with Crippen LogP contribution in [0.1, 0.15) is 22.3 Å². The third-order valence-corrected chi connectivity index (χ3v) is 5.65. The number of amides is 1. The minimum Gasteiger partial charge on any atom is -0.493 e. The number of rotatable bonds is 7. The normalized spacial score (nSPS) is 16.9. The van der Waals surface area contributed by atoms with E-state index in [0.717, 1.165) is 11.8 Å². The van der Waals surface area contributed by atoms with E-state index >= 15 is 0 Å². The zero-order chi connectivity index (χ0) is 23.3. The highest BCUT2D eigenvalue weighted by Gasteiger charge is 2.32. The SMILES string of the molecule is COc1cc(C=NN=C2NC(=O)C(CC(=O)O)S2)ccc1OC(=O)c1ccc(Cl)cc1Cl. The van der Waals surface area contributed by atoms with Crippen molar-refractivity contribution in [3.8, 4) is 11.5 Å². The molecule has 1 fully saturated rings. The number of aliphatic carboxylic acids is 1. The Morgan fingerprint density at radius 3 is 2.69 bits per heavy atom. The van der Waals surface area contributed by atoms with Crippen molar-refractivity contribution in [2.24, 2.45) is 10.2 Å². The number of halogens is 2. The van der Waals surface area contributed by atoms with Crippen LogP contribution in [0, 0.1) is 0 Å². The predicted molar refractivity (Wildman–Crippen MR) is 121 cm³/mol. The maximum Gasteiger partial charge on any atom is 0.345 e. The maximum atomic E-state index is 12.4. The highest BCUT2D eigenvalue weighted by atomic mass is 35.5. The molecule has 0 saturated carbocycles. The zero-order valence-corrected chi connectivity index (χ0v) is 18.7. The molecule has 166 valence electrons. The van der Waals surface area contributed by atoms with Gasteiger partial charge in [0.2, 0.25) is 5.91 Å². The smallest absolute Gasteiger partial charge is 0.345 e. The predicted octanol–water partition coefficient (Wildman–Crippen LogP) is 3.62. The van der Waals surface area contributed by atoms with Gasteiger partial charge in [-0.15, -0.1) is 5.10 Å². The molecule has 0 radical (unpaired) electrons. The van der Waals surface area contributed by atoms with E-state index in [4.69, 9.17) is 37.8 Å². The number of thioether (sulfide) groups is 1. The first kappa shape index (κ1) is 23.6. The van der Waals surface area contributed by atoms with Crippen LogP contribution < -0.4 is 14.8 Å². The number of amidine groups is 1. The number of carboxylic acids is 1. The van der Waals surface area contributed by atoms with Crippen molar-refractivity contribution >= 4 is 64.2 Å². The Labute approximate surface area is 196 Å². The zero-order valence-electron chi connectivity index (χ0n) is 16.4. The van der Waals surface area contributed by atoms with E-state index in [9.17, 15) is 14.4 Å². The molecule has 0 bridgehead atoms. The summed E-state index contributed by atoms with van der Waals surface area (Å²) in [5.74, 6) is -1.75. The fourth-order valence-corrected chi connectivity index (χ4v) is 3.95. The highest BCUT2D eigenvalue weighted by molar-refractivity contribution is 8.15. The van der Waals surface area contributed by atoms with Crippen LogP contribution in [0.2, 0.25) is 10.0 Å². The van der Waals surface area contributed by atoms with E-state index in [1.807, 2.05) is 0 Å². The molecular formula is C20H15Cl2N3O6S. The minimum atomic E-state index is -1.08. The molecule has 1 heterocycles. The number of hydrogen-bond donors (Lipinski definition) is 2. The number of methoxy groups -OCH3 is 1. The van der Waals surface area contributed by atoms with Crippen LogP contribution in [0.15, 0.2) is 46.6 Å². The molecule has 2 N–H and O–H groups in total. The van der Waals surface area contributed by atoms with Gasteiger partial charge in [-0.1, -0.05) is 35.0 Å². The molecule has 3 rings (SSSR count). The Bertz CT molecular complexity index is 1140.